The fourth-order valence-electron chi connectivity index (χ4n) is 2.51. The fourth-order valence-corrected chi connectivity index (χ4v) is 3.37. The van der Waals surface area contributed by atoms with Crippen molar-refractivity contribution < 1.29 is 14.3 Å². The number of hydrogen-bond donors (Lipinski definition) is 0. The first-order chi connectivity index (χ1) is 12.9. The van der Waals surface area contributed by atoms with Crippen LogP contribution in [-0.4, -0.2) is 33.1 Å². The Bertz CT molecular complexity index is 1140. The Morgan fingerprint density at radius 1 is 1.33 bits per heavy atom. The summed E-state index contributed by atoms with van der Waals surface area (Å²) in [5.74, 6) is -2.52. The Balaban J connectivity index is 1.81. The summed E-state index contributed by atoms with van der Waals surface area (Å²) < 4.78 is 6.10. The normalized spacial score (nSPS) is 11.7. The summed E-state index contributed by atoms with van der Waals surface area (Å²) in [5.41, 5.74) is 0.293. The van der Waals surface area contributed by atoms with Gasteiger partial charge in [-0.15, -0.1) is 11.3 Å². The molecule has 3 rings (SSSR count). The zero-order valence-electron chi connectivity index (χ0n) is 14.5. The molecule has 3 aromatic rings. The molecule has 0 saturated heterocycles. The Morgan fingerprint density at radius 3 is 2.67 bits per heavy atom. The lowest BCUT2D eigenvalue weighted by Gasteiger charge is -2.09. The number of esters is 1. The average Bonchev–Trinajstić information content (AvgIpc) is 3.09. The number of carbonyl (C=O) groups is 2. The highest BCUT2D eigenvalue weighted by Gasteiger charge is 2.25. The van der Waals surface area contributed by atoms with Gasteiger partial charge in [0.1, 0.15) is 5.01 Å². The fraction of sp³-hybridized carbons (Fsp3) is 0.222. The van der Waals surface area contributed by atoms with Gasteiger partial charge in [-0.1, -0.05) is 18.2 Å². The third-order valence-corrected chi connectivity index (χ3v) is 4.86. The number of Topliss-reactive ketones (excluding diaryl/α,β-unsaturated/α-hetero) is 1. The van der Waals surface area contributed by atoms with Crippen LogP contribution in [0, 0.1) is 18.3 Å². The second kappa shape index (κ2) is 7.47. The number of rotatable bonds is 5. The number of ketones is 1. The topological polar surface area (TPSA) is 115 Å². The smallest absolute Gasteiger partial charge is 0.359 e. The number of fused-ring (bicyclic) bond motifs is 1. The van der Waals surface area contributed by atoms with E-state index in [1.54, 1.807) is 36.6 Å². The molecule has 0 unspecified atom stereocenters. The highest BCUT2D eigenvalue weighted by molar-refractivity contribution is 7.09. The molecule has 0 aliphatic carbocycles. The maximum absolute atomic E-state index is 12.4. The first-order valence-corrected chi connectivity index (χ1v) is 8.78. The van der Waals surface area contributed by atoms with Gasteiger partial charge in [0.25, 0.3) is 5.56 Å². The molecule has 0 fully saturated rings. The third-order valence-electron chi connectivity index (χ3n) is 3.83. The number of benzene rings is 1. The van der Waals surface area contributed by atoms with E-state index in [1.165, 1.54) is 18.4 Å². The van der Waals surface area contributed by atoms with Crippen LogP contribution in [0.3, 0.4) is 0 Å². The predicted octanol–water partition coefficient (Wildman–Crippen LogP) is 1.73. The van der Waals surface area contributed by atoms with Gasteiger partial charge in [-0.05, 0) is 13.0 Å². The van der Waals surface area contributed by atoms with Gasteiger partial charge in [-0.3, -0.25) is 9.59 Å². The minimum Gasteiger partial charge on any atom is -0.453 e. The first-order valence-electron chi connectivity index (χ1n) is 7.90. The molecule has 0 bridgehead atoms. The monoisotopic (exact) mass is 382 g/mol. The molecular weight excluding hydrogens is 368 g/mol. The van der Waals surface area contributed by atoms with Gasteiger partial charge in [-0.25, -0.2) is 14.5 Å². The number of nitrogens with zero attached hydrogens (tertiary/aromatic N) is 4. The van der Waals surface area contributed by atoms with E-state index in [0.29, 0.717) is 21.5 Å². The van der Waals surface area contributed by atoms with Gasteiger partial charge in [-0.2, -0.15) is 10.4 Å². The van der Waals surface area contributed by atoms with Gasteiger partial charge in [0.05, 0.1) is 11.5 Å². The largest absolute Gasteiger partial charge is 0.453 e. The van der Waals surface area contributed by atoms with Crippen molar-refractivity contribution in [2.75, 3.05) is 6.61 Å². The van der Waals surface area contributed by atoms with E-state index >= 15 is 0 Å². The van der Waals surface area contributed by atoms with Crippen molar-refractivity contribution in [1.29, 1.82) is 5.26 Å². The molecule has 2 aromatic heterocycles. The lowest BCUT2D eigenvalue weighted by atomic mass is 10.1. The summed E-state index contributed by atoms with van der Waals surface area (Å²) in [6.45, 7) is 1.17. The number of thiazole rings is 1. The maximum Gasteiger partial charge on any atom is 0.359 e. The number of nitriles is 1. The molecule has 27 heavy (non-hydrogen) atoms. The molecule has 0 saturated carbocycles. The molecule has 2 heterocycles. The Morgan fingerprint density at radius 2 is 2.04 bits per heavy atom. The lowest BCUT2D eigenvalue weighted by molar-refractivity contribution is -0.122. The number of aryl methyl sites for hydroxylation is 2. The van der Waals surface area contributed by atoms with Crippen molar-refractivity contribution in [3.8, 4) is 6.07 Å². The number of aromatic nitrogens is 3. The van der Waals surface area contributed by atoms with Crippen LogP contribution in [0.1, 0.15) is 27.1 Å². The quantitative estimate of drug-likeness (QED) is 0.617. The van der Waals surface area contributed by atoms with Crippen LogP contribution in [-0.2, 0) is 16.6 Å². The zero-order valence-corrected chi connectivity index (χ0v) is 15.3. The van der Waals surface area contributed by atoms with E-state index in [0.717, 1.165) is 4.68 Å². The van der Waals surface area contributed by atoms with E-state index in [2.05, 4.69) is 10.1 Å². The molecule has 0 aliphatic rings. The van der Waals surface area contributed by atoms with Crippen LogP contribution in [0.25, 0.3) is 10.8 Å². The summed E-state index contributed by atoms with van der Waals surface area (Å²) in [5, 5.41) is 16.0. The number of carbonyl (C=O) groups excluding carboxylic acids is 2. The Labute approximate surface area is 157 Å². The van der Waals surface area contributed by atoms with E-state index in [1.807, 2.05) is 6.07 Å². The van der Waals surface area contributed by atoms with E-state index in [4.69, 9.17) is 4.74 Å². The SMILES string of the molecule is Cc1csc([C@H](C#N)C(=O)COC(=O)c2nn(C)c(=O)c3ccccc23)n1. The number of hydrogen-bond acceptors (Lipinski definition) is 8. The van der Waals surface area contributed by atoms with Crippen LogP contribution in [0.5, 0.6) is 0 Å². The van der Waals surface area contributed by atoms with Crippen molar-refractivity contribution in [1.82, 2.24) is 14.8 Å². The summed E-state index contributed by atoms with van der Waals surface area (Å²) in [4.78, 5) is 41.0. The molecule has 136 valence electrons. The highest BCUT2D eigenvalue weighted by atomic mass is 32.1. The van der Waals surface area contributed by atoms with Crippen molar-refractivity contribution >= 4 is 33.9 Å². The molecule has 0 radical (unpaired) electrons. The van der Waals surface area contributed by atoms with Crippen LogP contribution in [0.2, 0.25) is 0 Å². The molecule has 0 aliphatic heterocycles. The highest BCUT2D eigenvalue weighted by Crippen LogP contribution is 2.21. The minimum absolute atomic E-state index is 0.0703. The van der Waals surface area contributed by atoms with Gasteiger partial charge >= 0.3 is 5.97 Å². The van der Waals surface area contributed by atoms with Crippen LogP contribution in [0.15, 0.2) is 34.4 Å². The van der Waals surface area contributed by atoms with Crippen LogP contribution >= 0.6 is 11.3 Å². The molecule has 0 N–H and O–H groups in total. The van der Waals surface area contributed by atoms with Gasteiger partial charge in [0, 0.05) is 23.5 Å². The van der Waals surface area contributed by atoms with Crippen molar-refractivity contribution in [3.63, 3.8) is 0 Å². The molecule has 1 atom stereocenters. The predicted molar refractivity (Wildman–Crippen MR) is 97.5 cm³/mol. The maximum atomic E-state index is 12.4. The van der Waals surface area contributed by atoms with Gasteiger partial charge in [0.2, 0.25) is 0 Å². The van der Waals surface area contributed by atoms with Crippen molar-refractivity contribution in [3.05, 3.63) is 56.4 Å². The number of ether oxygens (including phenoxy) is 1. The van der Waals surface area contributed by atoms with Gasteiger partial charge in [0.15, 0.2) is 24.0 Å². The summed E-state index contributed by atoms with van der Waals surface area (Å²) in [7, 11) is 1.42. The van der Waals surface area contributed by atoms with E-state index < -0.39 is 24.3 Å². The second-order valence-corrected chi connectivity index (χ2v) is 6.64. The molecular formula is C18H14N4O4S. The lowest BCUT2D eigenvalue weighted by Crippen LogP contribution is -2.25. The average molecular weight is 382 g/mol. The van der Waals surface area contributed by atoms with Gasteiger partial charge < -0.3 is 4.74 Å². The zero-order chi connectivity index (χ0) is 19.6. The van der Waals surface area contributed by atoms with Crippen molar-refractivity contribution in [2.45, 2.75) is 12.8 Å². The minimum atomic E-state index is -1.10. The van der Waals surface area contributed by atoms with E-state index in [-0.39, 0.29) is 11.3 Å². The standard InChI is InChI=1S/C18H14N4O4S/c1-10-9-27-16(20-10)13(7-19)14(23)8-26-18(25)15-11-5-3-4-6-12(11)17(24)22(2)21-15/h3-6,9,13H,8H2,1-2H3/t13-/m1/s1. The van der Waals surface area contributed by atoms with Crippen LogP contribution in [0.4, 0.5) is 0 Å². The second-order valence-electron chi connectivity index (χ2n) is 5.75. The van der Waals surface area contributed by atoms with E-state index in [9.17, 15) is 19.6 Å². The molecule has 9 heteroatoms. The molecule has 0 spiro atoms. The molecule has 0 amide bonds. The summed E-state index contributed by atoms with van der Waals surface area (Å²) >= 11 is 1.20. The van der Waals surface area contributed by atoms with Crippen LogP contribution < -0.4 is 5.56 Å². The first kappa shape index (κ1) is 18.4. The third kappa shape index (κ3) is 3.61. The summed E-state index contributed by atoms with van der Waals surface area (Å²) in [6.07, 6.45) is 0. The molecule has 8 nitrogen and oxygen atoms in total. The van der Waals surface area contributed by atoms with Crippen molar-refractivity contribution in [2.24, 2.45) is 7.05 Å². The Kier molecular flexibility index (Phi) is 5.09. The molecule has 1 aromatic carbocycles. The Hall–Kier alpha value is -3.38. The summed E-state index contributed by atoms with van der Waals surface area (Å²) in [6, 6.07) is 8.40.